The monoisotopic (exact) mass is 799 g/mol. The predicted molar refractivity (Wildman–Crippen MR) is 155 cm³/mol. The maximum atomic E-state index is 13.4. The van der Waals surface area contributed by atoms with Crippen LogP contribution in [0.4, 0.5) is 0 Å². The van der Waals surface area contributed by atoms with Crippen LogP contribution in [0.1, 0.15) is 48.3 Å². The van der Waals surface area contributed by atoms with Crippen molar-refractivity contribution in [3.05, 3.63) is 63.6 Å². The second-order valence-electron chi connectivity index (χ2n) is 8.37. The molecule has 6 nitrogen and oxygen atoms in total. The van der Waals surface area contributed by atoms with Gasteiger partial charge in [-0.1, -0.05) is 11.6 Å². The van der Waals surface area contributed by atoms with Crippen LogP contribution in [0, 0.1) is 10.7 Å². The molecule has 0 saturated heterocycles. The van der Waals surface area contributed by atoms with Crippen LogP contribution in [0.25, 0.3) is 11.1 Å². The zero-order valence-corrected chi connectivity index (χ0v) is 25.7. The molecule has 2 aromatic heterocycles. The molecule has 1 aliphatic rings. The first-order valence-electron chi connectivity index (χ1n) is 10.7. The van der Waals surface area contributed by atoms with Gasteiger partial charge in [-0.25, -0.2) is 9.78 Å². The molecule has 0 bridgehead atoms. The van der Waals surface area contributed by atoms with E-state index in [1.165, 1.54) is 0 Å². The van der Waals surface area contributed by atoms with Crippen LogP contribution in [0.2, 0.25) is 0 Å². The molecule has 0 spiro atoms. The Hall–Kier alpha value is -0.930. The molecule has 2 heterocycles. The normalized spacial score (nSPS) is 19.6. The van der Waals surface area contributed by atoms with Crippen LogP contribution in [0.3, 0.4) is 0 Å². The molecular formula is C25H24I3NO5. The largest absolute Gasteiger partial charge is 0.496 e. The third kappa shape index (κ3) is 4.73. The van der Waals surface area contributed by atoms with Crippen molar-refractivity contribution in [1.29, 1.82) is 0 Å². The third-order valence-corrected chi connectivity index (χ3v) is 9.75. The number of carbonyl (C=O) groups is 1. The van der Waals surface area contributed by atoms with Gasteiger partial charge >= 0.3 is 5.97 Å². The summed E-state index contributed by atoms with van der Waals surface area (Å²) in [5.74, 6) is 0.373. The summed E-state index contributed by atoms with van der Waals surface area (Å²) in [6.45, 7) is 4.07. The van der Waals surface area contributed by atoms with E-state index in [9.17, 15) is 4.79 Å². The average Bonchev–Trinajstić information content (AvgIpc) is 3.27. The first-order chi connectivity index (χ1) is 16.2. The topological polar surface area (TPSA) is 70.8 Å². The third-order valence-electron chi connectivity index (χ3n) is 6.08. The molecule has 9 heteroatoms. The van der Waals surface area contributed by atoms with E-state index in [1.807, 2.05) is 32.0 Å². The number of halogens is 3. The number of fused-ring (bicyclic) bond motifs is 2. The van der Waals surface area contributed by atoms with Crippen molar-refractivity contribution >= 4 is 84.8 Å². The number of aromatic nitrogens is 1. The van der Waals surface area contributed by atoms with Gasteiger partial charge in [-0.3, -0.25) is 0 Å². The SMILES string of the molecule is COc1c2c(nc3occc13)C(CC=C(C)C)(OC)C(OC(=O)c1cc(I)cc(I)c1I)CC2. The lowest BCUT2D eigenvalue weighted by Gasteiger charge is -2.42. The fourth-order valence-corrected chi connectivity index (χ4v) is 6.80. The zero-order chi connectivity index (χ0) is 24.6. The van der Waals surface area contributed by atoms with E-state index in [4.69, 9.17) is 23.6 Å². The number of rotatable bonds is 6. The van der Waals surface area contributed by atoms with Crippen LogP contribution < -0.4 is 4.74 Å². The molecule has 2 unspecified atom stereocenters. The molecule has 3 aromatic rings. The van der Waals surface area contributed by atoms with Gasteiger partial charge in [0.1, 0.15) is 11.9 Å². The molecular weight excluding hydrogens is 775 g/mol. The predicted octanol–water partition coefficient (Wildman–Crippen LogP) is 7.02. The van der Waals surface area contributed by atoms with Crippen molar-refractivity contribution in [3.63, 3.8) is 0 Å². The lowest BCUT2D eigenvalue weighted by Crippen LogP contribution is -2.48. The van der Waals surface area contributed by atoms with Gasteiger partial charge in [-0.15, -0.1) is 0 Å². The average molecular weight is 799 g/mol. The van der Waals surface area contributed by atoms with Crippen molar-refractivity contribution in [1.82, 2.24) is 4.98 Å². The molecule has 0 radical (unpaired) electrons. The fourth-order valence-electron chi connectivity index (χ4n) is 4.42. The lowest BCUT2D eigenvalue weighted by molar-refractivity contribution is -0.124. The van der Waals surface area contributed by atoms with Crippen LogP contribution in [-0.4, -0.2) is 31.3 Å². The summed E-state index contributed by atoms with van der Waals surface area (Å²) in [5.41, 5.74) is 2.86. The van der Waals surface area contributed by atoms with Gasteiger partial charge < -0.3 is 18.6 Å². The molecule has 1 aliphatic carbocycles. The van der Waals surface area contributed by atoms with Gasteiger partial charge in [0.05, 0.1) is 30.0 Å². The minimum absolute atomic E-state index is 0.362. The summed E-state index contributed by atoms with van der Waals surface area (Å²) in [6, 6.07) is 5.76. The second kappa shape index (κ2) is 10.6. The summed E-state index contributed by atoms with van der Waals surface area (Å²) < 4.78 is 26.8. The number of hydrogen-bond donors (Lipinski definition) is 0. The lowest BCUT2D eigenvalue weighted by atomic mass is 9.77. The number of nitrogens with zero attached hydrogens (tertiary/aromatic N) is 1. The first-order valence-corrected chi connectivity index (χ1v) is 13.9. The Balaban J connectivity index is 1.84. The Morgan fingerprint density at radius 1 is 1.26 bits per heavy atom. The highest BCUT2D eigenvalue weighted by Crippen LogP contribution is 2.47. The van der Waals surface area contributed by atoms with E-state index < -0.39 is 11.7 Å². The van der Waals surface area contributed by atoms with Gasteiger partial charge in [0.15, 0.2) is 5.60 Å². The number of allylic oxidation sites excluding steroid dienone is 1. The van der Waals surface area contributed by atoms with Crippen molar-refractivity contribution in [2.75, 3.05) is 14.2 Å². The van der Waals surface area contributed by atoms with E-state index in [0.29, 0.717) is 36.2 Å². The summed E-state index contributed by atoms with van der Waals surface area (Å²) in [4.78, 5) is 18.3. The Bertz CT molecular complexity index is 1280. The first kappa shape index (κ1) is 26.1. The highest BCUT2D eigenvalue weighted by molar-refractivity contribution is 14.1. The van der Waals surface area contributed by atoms with Gasteiger partial charge in [0, 0.05) is 29.8 Å². The van der Waals surface area contributed by atoms with Crippen LogP contribution in [0.15, 0.2) is 40.5 Å². The highest BCUT2D eigenvalue weighted by Gasteiger charge is 2.49. The Labute approximate surface area is 239 Å². The zero-order valence-electron chi connectivity index (χ0n) is 19.2. The molecule has 34 heavy (non-hydrogen) atoms. The quantitative estimate of drug-likeness (QED) is 0.116. The van der Waals surface area contributed by atoms with E-state index in [0.717, 1.165) is 33.0 Å². The Kier molecular flexibility index (Phi) is 8.14. The number of pyridine rings is 1. The number of furan rings is 1. The van der Waals surface area contributed by atoms with Crippen molar-refractivity contribution in [3.8, 4) is 5.75 Å². The minimum atomic E-state index is -0.977. The number of methoxy groups -OCH3 is 2. The molecule has 0 saturated carbocycles. The van der Waals surface area contributed by atoms with Crippen molar-refractivity contribution in [2.24, 2.45) is 0 Å². The van der Waals surface area contributed by atoms with E-state index in [2.05, 4.69) is 73.8 Å². The molecule has 2 atom stereocenters. The van der Waals surface area contributed by atoms with Gasteiger partial charge in [0.2, 0.25) is 5.71 Å². The minimum Gasteiger partial charge on any atom is -0.496 e. The number of hydrogen-bond acceptors (Lipinski definition) is 6. The standard InChI is InChI=1S/C25H24I3NO5/c1-13(2)7-9-25(32-4)19(34-24(30)17-11-14(26)12-18(27)20(17)28)6-5-15-21(31-3)16-8-10-33-23(16)29-22(15)25/h7-8,10-12,19H,5-6,9H2,1-4H3. The van der Waals surface area contributed by atoms with E-state index in [-0.39, 0.29) is 5.97 Å². The smallest absolute Gasteiger partial charge is 0.339 e. The molecule has 180 valence electrons. The van der Waals surface area contributed by atoms with E-state index >= 15 is 0 Å². The summed E-state index contributed by atoms with van der Waals surface area (Å²) >= 11 is 6.66. The van der Waals surface area contributed by atoms with Crippen molar-refractivity contribution < 1.29 is 23.4 Å². The molecule has 0 N–H and O–H groups in total. The molecule has 1 aromatic carbocycles. The summed E-state index contributed by atoms with van der Waals surface area (Å²) in [5, 5.41) is 0.826. The van der Waals surface area contributed by atoms with Crippen LogP contribution >= 0.6 is 67.8 Å². The molecule has 0 amide bonds. The fraction of sp³-hybridized carbons (Fsp3) is 0.360. The number of ether oxygens (including phenoxy) is 3. The maximum absolute atomic E-state index is 13.4. The second-order valence-corrected chi connectivity index (χ2v) is 11.9. The van der Waals surface area contributed by atoms with Gasteiger partial charge in [0.25, 0.3) is 0 Å². The van der Waals surface area contributed by atoms with E-state index in [1.54, 1.807) is 20.5 Å². The number of benzene rings is 1. The summed E-state index contributed by atoms with van der Waals surface area (Å²) in [6.07, 6.45) is 4.89. The molecule has 4 rings (SSSR count). The number of esters is 1. The van der Waals surface area contributed by atoms with Gasteiger partial charge in [-0.2, -0.15) is 0 Å². The molecule has 0 aliphatic heterocycles. The number of carbonyl (C=O) groups excluding carboxylic acids is 1. The summed E-state index contributed by atoms with van der Waals surface area (Å²) in [7, 11) is 3.30. The van der Waals surface area contributed by atoms with Crippen LogP contribution in [0.5, 0.6) is 5.75 Å². The Morgan fingerprint density at radius 3 is 2.71 bits per heavy atom. The van der Waals surface area contributed by atoms with Crippen molar-refractivity contribution in [2.45, 2.75) is 44.8 Å². The van der Waals surface area contributed by atoms with Crippen LogP contribution in [-0.2, 0) is 21.5 Å². The van der Waals surface area contributed by atoms with Gasteiger partial charge in [-0.05, 0) is 113 Å². The Morgan fingerprint density at radius 2 is 2.03 bits per heavy atom. The highest BCUT2D eigenvalue weighted by atomic mass is 127. The molecule has 0 fully saturated rings. The maximum Gasteiger partial charge on any atom is 0.339 e.